The summed E-state index contributed by atoms with van der Waals surface area (Å²) in [6.45, 7) is 1.82. The number of hydrogen-bond acceptors (Lipinski definition) is 1. The maximum absolute atomic E-state index is 14.0. The molecule has 1 aromatic heterocycles. The molecule has 2 rings (SSSR count). The zero-order valence-corrected chi connectivity index (χ0v) is 13.2. The summed E-state index contributed by atoms with van der Waals surface area (Å²) in [7, 11) is 0. The van der Waals surface area contributed by atoms with Gasteiger partial charge in [0.05, 0.1) is 11.3 Å². The van der Waals surface area contributed by atoms with Crippen molar-refractivity contribution in [3.63, 3.8) is 0 Å². The molecule has 0 fully saturated rings. The molecule has 112 valence electrons. The lowest BCUT2D eigenvalue weighted by Gasteiger charge is -2.17. The zero-order chi connectivity index (χ0) is 15.7. The molecule has 0 aliphatic rings. The van der Waals surface area contributed by atoms with E-state index in [9.17, 15) is 18.0 Å². The van der Waals surface area contributed by atoms with Crippen molar-refractivity contribution in [3.05, 3.63) is 56.6 Å². The minimum atomic E-state index is -1.07. The van der Waals surface area contributed by atoms with Crippen molar-refractivity contribution in [1.82, 2.24) is 4.57 Å². The molecular weight excluding hydrogens is 371 g/mol. The summed E-state index contributed by atoms with van der Waals surface area (Å²) in [6, 6.07) is 2.51. The normalized spacial score (nSPS) is 11.0. The lowest BCUT2D eigenvalue weighted by Crippen LogP contribution is -2.23. The second kappa shape index (κ2) is 6.23. The van der Waals surface area contributed by atoms with Gasteiger partial charge in [-0.3, -0.25) is 4.79 Å². The standard InChI is InChI=1S/C14H10BrClF3NO/c1-2-20-13(7(6-15)3-9(16)14(20)21)12-10(18)4-8(17)5-11(12)19/h3-5H,2,6H2,1H3. The molecule has 0 N–H and O–H groups in total. The average Bonchev–Trinajstić information content (AvgIpc) is 2.41. The number of nitrogens with zero attached hydrogens (tertiary/aromatic N) is 1. The van der Waals surface area contributed by atoms with E-state index in [-0.39, 0.29) is 22.6 Å². The molecule has 0 aliphatic carbocycles. The van der Waals surface area contributed by atoms with Crippen LogP contribution in [0.2, 0.25) is 5.02 Å². The largest absolute Gasteiger partial charge is 0.307 e. The first kappa shape index (κ1) is 16.1. The average molecular weight is 381 g/mol. The third-order valence-electron chi connectivity index (χ3n) is 3.03. The van der Waals surface area contributed by atoms with E-state index < -0.39 is 28.6 Å². The van der Waals surface area contributed by atoms with Gasteiger partial charge in [-0.05, 0) is 18.6 Å². The van der Waals surface area contributed by atoms with E-state index in [2.05, 4.69) is 15.9 Å². The van der Waals surface area contributed by atoms with Gasteiger partial charge in [0, 0.05) is 24.0 Å². The maximum Gasteiger partial charge on any atom is 0.269 e. The van der Waals surface area contributed by atoms with E-state index in [0.717, 1.165) is 0 Å². The summed E-state index contributed by atoms with van der Waals surface area (Å²) < 4.78 is 42.3. The van der Waals surface area contributed by atoms with Crippen LogP contribution in [0.4, 0.5) is 13.2 Å². The van der Waals surface area contributed by atoms with Crippen LogP contribution in [0.3, 0.4) is 0 Å². The fraction of sp³-hybridized carbons (Fsp3) is 0.214. The predicted octanol–water partition coefficient (Wildman–Crippen LogP) is 4.50. The highest BCUT2D eigenvalue weighted by molar-refractivity contribution is 9.08. The van der Waals surface area contributed by atoms with Crippen LogP contribution in [0.1, 0.15) is 12.5 Å². The van der Waals surface area contributed by atoms with Gasteiger partial charge in [0.15, 0.2) is 0 Å². The quantitative estimate of drug-likeness (QED) is 0.719. The number of rotatable bonds is 3. The van der Waals surface area contributed by atoms with Gasteiger partial charge in [0.2, 0.25) is 0 Å². The van der Waals surface area contributed by atoms with Crippen LogP contribution in [-0.2, 0) is 11.9 Å². The maximum atomic E-state index is 14.0. The summed E-state index contributed by atoms with van der Waals surface area (Å²) in [5, 5.41) is 0.191. The highest BCUT2D eigenvalue weighted by atomic mass is 79.9. The molecule has 0 radical (unpaired) electrons. The molecule has 0 saturated carbocycles. The van der Waals surface area contributed by atoms with Crippen molar-refractivity contribution >= 4 is 27.5 Å². The fourth-order valence-electron chi connectivity index (χ4n) is 2.15. The minimum Gasteiger partial charge on any atom is -0.307 e. The van der Waals surface area contributed by atoms with Crippen LogP contribution in [0, 0.1) is 17.5 Å². The van der Waals surface area contributed by atoms with Gasteiger partial charge in [-0.1, -0.05) is 27.5 Å². The topological polar surface area (TPSA) is 22.0 Å². The van der Waals surface area contributed by atoms with Gasteiger partial charge in [0.25, 0.3) is 5.56 Å². The van der Waals surface area contributed by atoms with Crippen LogP contribution in [0.5, 0.6) is 0 Å². The first-order valence-electron chi connectivity index (χ1n) is 6.03. The Kier molecular flexibility index (Phi) is 4.78. The Hall–Kier alpha value is -1.27. The number of benzene rings is 1. The van der Waals surface area contributed by atoms with Crippen LogP contribution >= 0.6 is 27.5 Å². The minimum absolute atomic E-state index is 0.0435. The fourth-order valence-corrected chi connectivity index (χ4v) is 2.82. The van der Waals surface area contributed by atoms with Crippen molar-refractivity contribution in [3.8, 4) is 11.3 Å². The summed E-state index contributed by atoms with van der Waals surface area (Å²) in [6.07, 6.45) is 0. The van der Waals surface area contributed by atoms with E-state index >= 15 is 0 Å². The van der Waals surface area contributed by atoms with Gasteiger partial charge in [-0.2, -0.15) is 0 Å². The molecular formula is C14H10BrClF3NO. The van der Waals surface area contributed by atoms with Crippen LogP contribution in [0.15, 0.2) is 23.0 Å². The van der Waals surface area contributed by atoms with Gasteiger partial charge in [-0.15, -0.1) is 0 Å². The third-order valence-corrected chi connectivity index (χ3v) is 3.90. The molecule has 0 spiro atoms. The Labute approximate surface area is 132 Å². The van der Waals surface area contributed by atoms with Crippen LogP contribution < -0.4 is 5.56 Å². The molecule has 1 aromatic carbocycles. The van der Waals surface area contributed by atoms with Crippen LogP contribution in [-0.4, -0.2) is 4.57 Å². The molecule has 2 nitrogen and oxygen atoms in total. The zero-order valence-electron chi connectivity index (χ0n) is 10.9. The third kappa shape index (κ3) is 2.87. The van der Waals surface area contributed by atoms with E-state index in [1.807, 2.05) is 0 Å². The van der Waals surface area contributed by atoms with Crippen molar-refractivity contribution in [2.75, 3.05) is 0 Å². The molecule has 0 bridgehead atoms. The molecule has 0 amide bonds. The highest BCUT2D eigenvalue weighted by Gasteiger charge is 2.21. The number of aromatic nitrogens is 1. The van der Waals surface area contributed by atoms with Gasteiger partial charge < -0.3 is 4.57 Å². The number of pyridine rings is 1. The number of alkyl halides is 1. The van der Waals surface area contributed by atoms with Crippen molar-refractivity contribution in [2.45, 2.75) is 18.8 Å². The molecule has 7 heteroatoms. The SMILES string of the molecule is CCn1c(-c2c(F)cc(F)cc2F)c(CBr)cc(Cl)c1=O. The van der Waals surface area contributed by atoms with E-state index in [1.165, 1.54) is 10.6 Å². The van der Waals surface area contributed by atoms with Crippen LogP contribution in [0.25, 0.3) is 11.3 Å². The summed E-state index contributed by atoms with van der Waals surface area (Å²) in [5.41, 5.74) is -0.506. The lowest BCUT2D eigenvalue weighted by molar-refractivity contribution is 0.544. The van der Waals surface area contributed by atoms with Gasteiger partial charge in [0.1, 0.15) is 22.5 Å². The lowest BCUT2D eigenvalue weighted by atomic mass is 10.0. The first-order valence-corrected chi connectivity index (χ1v) is 7.53. The molecule has 0 aliphatic heterocycles. The monoisotopic (exact) mass is 379 g/mol. The molecule has 0 saturated heterocycles. The Morgan fingerprint density at radius 3 is 2.24 bits per heavy atom. The summed E-state index contributed by atoms with van der Waals surface area (Å²) in [5.74, 6) is -3.16. The molecule has 0 atom stereocenters. The summed E-state index contributed by atoms with van der Waals surface area (Å²) >= 11 is 9.04. The van der Waals surface area contributed by atoms with Gasteiger partial charge >= 0.3 is 0 Å². The van der Waals surface area contributed by atoms with E-state index in [1.54, 1.807) is 6.92 Å². The van der Waals surface area contributed by atoms with Gasteiger partial charge in [-0.25, -0.2) is 13.2 Å². The molecule has 1 heterocycles. The highest BCUT2D eigenvalue weighted by Crippen LogP contribution is 2.31. The summed E-state index contributed by atoms with van der Waals surface area (Å²) in [4.78, 5) is 12.0. The molecule has 2 aromatic rings. The predicted molar refractivity (Wildman–Crippen MR) is 79.3 cm³/mol. The smallest absolute Gasteiger partial charge is 0.269 e. The first-order chi connectivity index (χ1) is 9.90. The van der Waals surface area contributed by atoms with Crippen molar-refractivity contribution in [1.29, 1.82) is 0 Å². The Morgan fingerprint density at radius 2 is 1.76 bits per heavy atom. The second-order valence-corrected chi connectivity index (χ2v) is 5.26. The van der Waals surface area contributed by atoms with Crippen molar-refractivity contribution < 1.29 is 13.2 Å². The Balaban J connectivity index is 2.93. The van der Waals surface area contributed by atoms with E-state index in [4.69, 9.17) is 11.6 Å². The number of hydrogen-bond donors (Lipinski definition) is 0. The molecule has 21 heavy (non-hydrogen) atoms. The van der Waals surface area contributed by atoms with E-state index in [0.29, 0.717) is 17.7 Å². The van der Waals surface area contributed by atoms with Crippen molar-refractivity contribution in [2.24, 2.45) is 0 Å². The molecule has 0 unspecified atom stereocenters. The Bertz CT molecular complexity index is 738. The Morgan fingerprint density at radius 1 is 1.19 bits per heavy atom. The number of halogens is 5. The second-order valence-electron chi connectivity index (χ2n) is 4.29.